The van der Waals surface area contributed by atoms with Crippen LogP contribution in [0.5, 0.6) is 0 Å². The molecule has 0 saturated heterocycles. The fourth-order valence-electron chi connectivity index (χ4n) is 2.42. The number of hydrogen-bond acceptors (Lipinski definition) is 2. The molecule has 0 bridgehead atoms. The zero-order valence-electron chi connectivity index (χ0n) is 17.1. The third-order valence-corrected chi connectivity index (χ3v) is 3.92. The maximum absolute atomic E-state index is 9.88. The third kappa shape index (κ3) is 11.1. The Labute approximate surface area is 203 Å². The zero-order chi connectivity index (χ0) is 21.3. The normalized spacial score (nSPS) is 10.2. The Hall–Kier alpha value is -3.03. The molecular formula is C28H22O2Zr. The van der Waals surface area contributed by atoms with Crippen molar-refractivity contribution in [3.63, 3.8) is 0 Å². The summed E-state index contributed by atoms with van der Waals surface area (Å²) >= 11 is 0. The van der Waals surface area contributed by atoms with Crippen molar-refractivity contribution in [1.82, 2.24) is 0 Å². The van der Waals surface area contributed by atoms with Crippen molar-refractivity contribution < 1.29 is 35.8 Å². The van der Waals surface area contributed by atoms with Crippen LogP contribution in [0.4, 0.5) is 0 Å². The summed E-state index contributed by atoms with van der Waals surface area (Å²) in [6.07, 6.45) is 13.6. The van der Waals surface area contributed by atoms with Crippen molar-refractivity contribution in [2.75, 3.05) is 0 Å². The van der Waals surface area contributed by atoms with E-state index in [2.05, 4.69) is 54.6 Å². The smallest absolute Gasteiger partial charge is 0.376 e. The largest absolute Gasteiger partial charge is 4.00 e. The quantitative estimate of drug-likeness (QED) is 0.322. The minimum Gasteiger partial charge on any atom is -0.376 e. The zero-order valence-corrected chi connectivity index (χ0v) is 19.5. The number of rotatable bonds is 2. The number of hydrogen-bond donors (Lipinski definition) is 0. The molecule has 1 aliphatic rings. The number of allylic oxidation sites excluding steroid dienone is 4. The predicted molar refractivity (Wildman–Crippen MR) is 124 cm³/mol. The van der Waals surface area contributed by atoms with Gasteiger partial charge in [-0.25, -0.2) is 12.2 Å². The molecule has 0 atom stereocenters. The summed E-state index contributed by atoms with van der Waals surface area (Å²) in [5, 5.41) is 2.66. The second-order valence-electron chi connectivity index (χ2n) is 6.09. The van der Waals surface area contributed by atoms with Gasteiger partial charge in [-0.1, -0.05) is 18.2 Å². The first-order valence-electron chi connectivity index (χ1n) is 9.52. The number of benzene rings is 3. The SMILES string of the molecule is O=[C-]c1ccccc1.O=[C-]c1ccccc1.[C-]1=CC=CC1.[Zr+4].c1ccc2[cH-]ccc2c1. The van der Waals surface area contributed by atoms with Gasteiger partial charge in [-0.3, -0.25) is 6.08 Å². The maximum atomic E-state index is 9.88. The first kappa shape index (κ1) is 26.0. The van der Waals surface area contributed by atoms with E-state index in [9.17, 15) is 9.59 Å². The number of carbonyl (C=O) groups excluding carboxylic acids is 2. The number of fused-ring (bicyclic) bond motifs is 1. The van der Waals surface area contributed by atoms with Gasteiger partial charge in [0.1, 0.15) is 0 Å². The van der Waals surface area contributed by atoms with Crippen LogP contribution in [-0.4, -0.2) is 12.6 Å². The molecule has 3 heteroatoms. The van der Waals surface area contributed by atoms with Gasteiger partial charge >= 0.3 is 26.2 Å². The van der Waals surface area contributed by atoms with Crippen LogP contribution in [0.15, 0.2) is 121 Å². The standard InChI is InChI=1S/C9H7.2C7H5O.C5H5.Zr/c1-2-5-9-7-3-6-8(9)4-1;2*8-6-7-4-2-1-3-5-7;1-2-4-5-3-1;/h1-7H;2*1-5H;1-3H,4H2;/q4*-1;+4. The van der Waals surface area contributed by atoms with Crippen molar-refractivity contribution in [1.29, 1.82) is 0 Å². The molecule has 0 radical (unpaired) electrons. The third-order valence-electron chi connectivity index (χ3n) is 3.92. The van der Waals surface area contributed by atoms with Gasteiger partial charge in [-0.2, -0.15) is 59.0 Å². The molecule has 0 aromatic heterocycles. The molecule has 0 unspecified atom stereocenters. The Kier molecular flexibility index (Phi) is 14.0. The summed E-state index contributed by atoms with van der Waals surface area (Å²) in [5.41, 5.74) is 1.21. The summed E-state index contributed by atoms with van der Waals surface area (Å²) in [7, 11) is 0. The van der Waals surface area contributed by atoms with Crippen molar-refractivity contribution >= 4 is 23.3 Å². The van der Waals surface area contributed by atoms with Gasteiger partial charge in [-0.05, 0) is 0 Å². The summed E-state index contributed by atoms with van der Waals surface area (Å²) in [4.78, 5) is 19.8. The molecule has 150 valence electrons. The topological polar surface area (TPSA) is 34.1 Å². The summed E-state index contributed by atoms with van der Waals surface area (Å²) in [5.74, 6) is 0. The molecule has 0 N–H and O–H groups in total. The Bertz CT molecular complexity index is 964. The summed E-state index contributed by atoms with van der Waals surface area (Å²) < 4.78 is 0. The van der Waals surface area contributed by atoms with E-state index in [1.807, 2.05) is 24.3 Å². The van der Waals surface area contributed by atoms with Crippen LogP contribution < -0.4 is 0 Å². The van der Waals surface area contributed by atoms with Crippen molar-refractivity contribution in [2.45, 2.75) is 6.42 Å². The average Bonchev–Trinajstić information content (AvgIpc) is 3.56. The Morgan fingerprint density at radius 3 is 1.65 bits per heavy atom. The second kappa shape index (κ2) is 16.7. The fourth-order valence-corrected chi connectivity index (χ4v) is 2.42. The fraction of sp³-hybridized carbons (Fsp3) is 0.0357. The van der Waals surface area contributed by atoms with Crippen LogP contribution in [0.3, 0.4) is 0 Å². The van der Waals surface area contributed by atoms with Gasteiger partial charge in [0.25, 0.3) is 0 Å². The molecule has 31 heavy (non-hydrogen) atoms. The maximum Gasteiger partial charge on any atom is 4.00 e. The molecule has 4 aromatic carbocycles. The summed E-state index contributed by atoms with van der Waals surface area (Å²) in [6.45, 7) is 0. The van der Waals surface area contributed by atoms with E-state index in [4.69, 9.17) is 0 Å². The van der Waals surface area contributed by atoms with Gasteiger partial charge in [0.2, 0.25) is 0 Å². The predicted octanol–water partition coefficient (Wildman–Crippen LogP) is 6.15. The van der Waals surface area contributed by atoms with Gasteiger partial charge in [-0.15, -0.1) is 60.3 Å². The van der Waals surface area contributed by atoms with Crippen molar-refractivity contribution in [2.24, 2.45) is 0 Å². The molecular weight excluding hydrogens is 460 g/mol. The molecule has 0 heterocycles. The molecule has 0 saturated carbocycles. The van der Waals surface area contributed by atoms with Crippen LogP contribution in [0.25, 0.3) is 10.8 Å². The Balaban J connectivity index is 0.000000208. The van der Waals surface area contributed by atoms with E-state index < -0.39 is 0 Å². The minimum absolute atomic E-state index is 0. The van der Waals surface area contributed by atoms with Crippen LogP contribution in [0.1, 0.15) is 17.5 Å². The van der Waals surface area contributed by atoms with Crippen LogP contribution >= 0.6 is 0 Å². The van der Waals surface area contributed by atoms with Gasteiger partial charge < -0.3 is 9.59 Å². The van der Waals surface area contributed by atoms with E-state index in [0.29, 0.717) is 11.1 Å². The molecule has 0 aliphatic heterocycles. The first-order chi connectivity index (χ1) is 14.8. The van der Waals surface area contributed by atoms with Gasteiger partial charge in [0.05, 0.1) is 12.6 Å². The monoisotopic (exact) mass is 480 g/mol. The van der Waals surface area contributed by atoms with Gasteiger partial charge in [0.15, 0.2) is 0 Å². The van der Waals surface area contributed by atoms with E-state index in [1.54, 1.807) is 61.1 Å². The van der Waals surface area contributed by atoms with Crippen molar-refractivity contribution in [3.8, 4) is 0 Å². The van der Waals surface area contributed by atoms with E-state index in [-0.39, 0.29) is 26.2 Å². The summed E-state index contributed by atoms with van der Waals surface area (Å²) in [6, 6.07) is 32.5. The van der Waals surface area contributed by atoms with Gasteiger partial charge in [0, 0.05) is 0 Å². The minimum atomic E-state index is 0. The molecule has 0 fully saturated rings. The van der Waals surface area contributed by atoms with E-state index >= 15 is 0 Å². The van der Waals surface area contributed by atoms with E-state index in [1.165, 1.54) is 10.8 Å². The van der Waals surface area contributed by atoms with Crippen LogP contribution in [0.2, 0.25) is 0 Å². The van der Waals surface area contributed by atoms with E-state index in [0.717, 1.165) is 6.42 Å². The first-order valence-corrected chi connectivity index (χ1v) is 9.52. The molecule has 0 amide bonds. The Morgan fingerprint density at radius 2 is 1.26 bits per heavy atom. The van der Waals surface area contributed by atoms with Crippen molar-refractivity contribution in [3.05, 3.63) is 139 Å². The average molecular weight is 482 g/mol. The Morgan fingerprint density at radius 1 is 0.710 bits per heavy atom. The molecule has 0 spiro atoms. The molecule has 5 rings (SSSR count). The van der Waals surface area contributed by atoms with Crippen LogP contribution in [-0.2, 0) is 35.8 Å². The second-order valence-corrected chi connectivity index (χ2v) is 6.09. The van der Waals surface area contributed by atoms with Crippen LogP contribution in [0, 0.1) is 6.08 Å². The molecule has 2 nitrogen and oxygen atoms in total. The molecule has 4 aromatic rings. The molecule has 1 aliphatic carbocycles.